The van der Waals surface area contributed by atoms with Gasteiger partial charge in [0.1, 0.15) is 18.0 Å². The number of nitrogen functional groups attached to an aromatic ring is 1. The standard InChI is InChI=1S/C19H21FN6O/c1-10(14-6-11(20)3-4-15(14)22-2)5-16-17-18(21)23-9-24-19(17)26(25-16)12-7-13(27)8-12/h3-4,6,9,12-13,22,27H,1,5,7-8H2,2H3,(H2,21,23,24)/t12-,13-. The van der Waals surface area contributed by atoms with Crippen LogP contribution in [0.3, 0.4) is 0 Å². The zero-order valence-corrected chi connectivity index (χ0v) is 15.0. The second-order valence-electron chi connectivity index (χ2n) is 6.85. The van der Waals surface area contributed by atoms with E-state index in [0.29, 0.717) is 52.9 Å². The minimum absolute atomic E-state index is 0.0841. The van der Waals surface area contributed by atoms with E-state index in [1.807, 2.05) is 4.68 Å². The van der Waals surface area contributed by atoms with Crippen LogP contribution in [0.15, 0.2) is 31.1 Å². The first-order chi connectivity index (χ1) is 13.0. The zero-order chi connectivity index (χ0) is 19.1. The Bertz CT molecular complexity index is 1020. The summed E-state index contributed by atoms with van der Waals surface area (Å²) in [5.41, 5.74) is 9.63. The highest BCUT2D eigenvalue weighted by atomic mass is 19.1. The van der Waals surface area contributed by atoms with Crippen molar-refractivity contribution in [3.63, 3.8) is 0 Å². The largest absolute Gasteiger partial charge is 0.393 e. The van der Waals surface area contributed by atoms with Crippen molar-refractivity contribution in [2.24, 2.45) is 0 Å². The van der Waals surface area contributed by atoms with Gasteiger partial charge in [-0.3, -0.25) is 0 Å². The average molecular weight is 368 g/mol. The fourth-order valence-electron chi connectivity index (χ4n) is 3.53. The van der Waals surface area contributed by atoms with Crippen molar-refractivity contribution in [2.45, 2.75) is 31.4 Å². The van der Waals surface area contributed by atoms with E-state index in [-0.39, 0.29) is 18.0 Å². The molecule has 7 nitrogen and oxygen atoms in total. The average Bonchev–Trinajstić information content (AvgIpc) is 2.98. The monoisotopic (exact) mass is 368 g/mol. The van der Waals surface area contributed by atoms with Crippen molar-refractivity contribution in [1.29, 1.82) is 0 Å². The summed E-state index contributed by atoms with van der Waals surface area (Å²) in [4.78, 5) is 8.43. The van der Waals surface area contributed by atoms with Crippen LogP contribution in [0.25, 0.3) is 16.6 Å². The smallest absolute Gasteiger partial charge is 0.163 e. The van der Waals surface area contributed by atoms with Gasteiger partial charge in [0.2, 0.25) is 0 Å². The summed E-state index contributed by atoms with van der Waals surface area (Å²) in [5.74, 6) is 0.0221. The fourth-order valence-corrected chi connectivity index (χ4v) is 3.53. The summed E-state index contributed by atoms with van der Waals surface area (Å²) in [6.45, 7) is 4.13. The number of nitrogens with two attached hydrogens (primary N) is 1. The van der Waals surface area contributed by atoms with Gasteiger partial charge < -0.3 is 16.2 Å². The second kappa shape index (κ2) is 6.62. The first-order valence-corrected chi connectivity index (χ1v) is 8.79. The van der Waals surface area contributed by atoms with Gasteiger partial charge in [0.05, 0.1) is 23.2 Å². The molecule has 27 heavy (non-hydrogen) atoms. The number of allylic oxidation sites excluding steroid dienone is 1. The summed E-state index contributed by atoms with van der Waals surface area (Å²) in [7, 11) is 1.78. The van der Waals surface area contributed by atoms with Gasteiger partial charge in [-0.15, -0.1) is 0 Å². The van der Waals surface area contributed by atoms with Gasteiger partial charge in [-0.05, 0) is 36.6 Å². The Morgan fingerprint density at radius 1 is 1.41 bits per heavy atom. The maximum absolute atomic E-state index is 13.7. The molecule has 1 saturated carbocycles. The highest BCUT2D eigenvalue weighted by Crippen LogP contribution is 2.36. The third-order valence-electron chi connectivity index (χ3n) is 5.04. The van der Waals surface area contributed by atoms with Crippen LogP contribution in [0.2, 0.25) is 0 Å². The highest BCUT2D eigenvalue weighted by molar-refractivity contribution is 5.90. The minimum Gasteiger partial charge on any atom is -0.393 e. The molecule has 4 rings (SSSR count). The molecule has 0 spiro atoms. The third kappa shape index (κ3) is 3.02. The molecule has 8 heteroatoms. The van der Waals surface area contributed by atoms with E-state index in [4.69, 9.17) is 10.8 Å². The van der Waals surface area contributed by atoms with Gasteiger partial charge in [0, 0.05) is 24.7 Å². The zero-order valence-electron chi connectivity index (χ0n) is 15.0. The molecule has 1 aliphatic rings. The topological polar surface area (TPSA) is 102 Å². The molecule has 0 saturated heterocycles. The Balaban J connectivity index is 1.74. The first kappa shape index (κ1) is 17.4. The lowest BCUT2D eigenvalue weighted by Gasteiger charge is -2.31. The third-order valence-corrected chi connectivity index (χ3v) is 5.04. The summed E-state index contributed by atoms with van der Waals surface area (Å²) >= 11 is 0. The molecule has 140 valence electrons. The van der Waals surface area contributed by atoms with Gasteiger partial charge in [0.25, 0.3) is 0 Å². The molecule has 0 unspecified atom stereocenters. The van der Waals surface area contributed by atoms with Crippen LogP contribution in [0.1, 0.15) is 30.1 Å². The van der Waals surface area contributed by atoms with E-state index in [9.17, 15) is 9.50 Å². The SMILES string of the molecule is C=C(Cc1nn([C@H]2C[C@H](O)C2)c2ncnc(N)c12)c1cc(F)ccc1NC. The quantitative estimate of drug-likeness (QED) is 0.640. The van der Waals surface area contributed by atoms with Crippen molar-refractivity contribution in [1.82, 2.24) is 19.7 Å². The summed E-state index contributed by atoms with van der Waals surface area (Å²) in [6, 6.07) is 4.62. The van der Waals surface area contributed by atoms with Crippen LogP contribution in [0.4, 0.5) is 15.9 Å². The molecule has 4 N–H and O–H groups in total. The molecule has 0 aliphatic heterocycles. The van der Waals surface area contributed by atoms with Crippen LogP contribution in [0.5, 0.6) is 0 Å². The number of nitrogens with zero attached hydrogens (tertiary/aromatic N) is 4. The molecule has 0 bridgehead atoms. The molecular weight excluding hydrogens is 347 g/mol. The number of hydrogen-bond donors (Lipinski definition) is 3. The number of rotatable bonds is 5. The molecule has 0 radical (unpaired) electrons. The van der Waals surface area contributed by atoms with E-state index in [1.54, 1.807) is 13.1 Å². The molecule has 3 aromatic rings. The van der Waals surface area contributed by atoms with E-state index >= 15 is 0 Å². The predicted molar refractivity (Wildman–Crippen MR) is 103 cm³/mol. The Hall–Kier alpha value is -3.00. The number of nitrogens with one attached hydrogen (secondary N) is 1. The van der Waals surface area contributed by atoms with Gasteiger partial charge in [-0.1, -0.05) is 6.58 Å². The Labute approximate surface area is 155 Å². The van der Waals surface area contributed by atoms with Crippen molar-refractivity contribution < 1.29 is 9.50 Å². The van der Waals surface area contributed by atoms with E-state index < -0.39 is 0 Å². The first-order valence-electron chi connectivity index (χ1n) is 8.79. The number of aromatic nitrogens is 4. The van der Waals surface area contributed by atoms with Gasteiger partial charge in [-0.25, -0.2) is 19.0 Å². The van der Waals surface area contributed by atoms with Crippen molar-refractivity contribution in [3.8, 4) is 0 Å². The maximum atomic E-state index is 13.7. The molecule has 0 atom stereocenters. The number of fused-ring (bicyclic) bond motifs is 1. The number of aliphatic hydroxyl groups is 1. The lowest BCUT2D eigenvalue weighted by molar-refractivity contribution is 0.0449. The number of benzene rings is 1. The normalized spacial score (nSPS) is 19.1. The van der Waals surface area contributed by atoms with Crippen molar-refractivity contribution in [3.05, 3.63) is 48.2 Å². The molecular formula is C19H21FN6O. The van der Waals surface area contributed by atoms with E-state index in [1.165, 1.54) is 18.5 Å². The van der Waals surface area contributed by atoms with Crippen molar-refractivity contribution in [2.75, 3.05) is 18.1 Å². The summed E-state index contributed by atoms with van der Waals surface area (Å²) in [6.07, 6.45) is 2.75. The lowest BCUT2D eigenvalue weighted by atomic mass is 9.90. The van der Waals surface area contributed by atoms with Crippen LogP contribution in [-0.4, -0.2) is 38.0 Å². The lowest BCUT2D eigenvalue weighted by Crippen LogP contribution is -2.31. The van der Waals surface area contributed by atoms with Crippen LogP contribution >= 0.6 is 0 Å². The highest BCUT2D eigenvalue weighted by Gasteiger charge is 2.32. The molecule has 2 aromatic heterocycles. The summed E-state index contributed by atoms with van der Waals surface area (Å²) < 4.78 is 15.6. The number of aliphatic hydroxyl groups excluding tert-OH is 1. The molecule has 0 amide bonds. The Kier molecular flexibility index (Phi) is 4.27. The molecule has 1 fully saturated rings. The van der Waals surface area contributed by atoms with Gasteiger partial charge >= 0.3 is 0 Å². The van der Waals surface area contributed by atoms with Crippen molar-refractivity contribution >= 4 is 28.1 Å². The fraction of sp³-hybridized carbons (Fsp3) is 0.316. The van der Waals surface area contributed by atoms with E-state index in [0.717, 1.165) is 5.69 Å². The minimum atomic E-state index is -0.327. The number of halogens is 1. The Morgan fingerprint density at radius 3 is 2.89 bits per heavy atom. The predicted octanol–water partition coefficient (Wildman–Crippen LogP) is 2.54. The second-order valence-corrected chi connectivity index (χ2v) is 6.85. The van der Waals surface area contributed by atoms with Crippen LogP contribution in [-0.2, 0) is 6.42 Å². The molecule has 1 aliphatic carbocycles. The number of anilines is 2. The van der Waals surface area contributed by atoms with Gasteiger partial charge in [-0.2, -0.15) is 5.10 Å². The number of hydrogen-bond acceptors (Lipinski definition) is 6. The summed E-state index contributed by atoms with van der Waals surface area (Å²) in [5, 5.41) is 18.1. The molecule has 2 heterocycles. The van der Waals surface area contributed by atoms with Crippen LogP contribution < -0.4 is 11.1 Å². The van der Waals surface area contributed by atoms with E-state index in [2.05, 4.69) is 21.9 Å². The van der Waals surface area contributed by atoms with Crippen LogP contribution in [0, 0.1) is 5.82 Å². The maximum Gasteiger partial charge on any atom is 0.163 e. The van der Waals surface area contributed by atoms with Gasteiger partial charge in [0.15, 0.2) is 5.65 Å². The molecule has 1 aromatic carbocycles. The Morgan fingerprint density at radius 2 is 2.19 bits per heavy atom.